The molecular formula is C16H20ClN3O3. The number of urea groups is 1. The van der Waals surface area contributed by atoms with Crippen molar-refractivity contribution in [2.24, 2.45) is 0 Å². The van der Waals surface area contributed by atoms with Crippen molar-refractivity contribution in [3.05, 3.63) is 28.8 Å². The number of nitrogens with one attached hydrogen (secondary N) is 1. The van der Waals surface area contributed by atoms with Gasteiger partial charge in [-0.2, -0.15) is 0 Å². The van der Waals surface area contributed by atoms with Crippen LogP contribution >= 0.6 is 11.6 Å². The molecule has 1 saturated heterocycles. The second kappa shape index (κ2) is 6.66. The molecule has 1 aromatic rings. The van der Waals surface area contributed by atoms with E-state index in [2.05, 4.69) is 5.32 Å². The summed E-state index contributed by atoms with van der Waals surface area (Å²) in [5.74, 6) is 0. The van der Waals surface area contributed by atoms with Gasteiger partial charge in [0.2, 0.25) is 0 Å². The fourth-order valence-electron chi connectivity index (χ4n) is 3.12. The number of anilines is 1. The summed E-state index contributed by atoms with van der Waals surface area (Å²) in [4.78, 5) is 27.6. The van der Waals surface area contributed by atoms with Gasteiger partial charge in [-0.15, -0.1) is 0 Å². The van der Waals surface area contributed by atoms with Crippen LogP contribution in [0.4, 0.5) is 15.3 Å². The van der Waals surface area contributed by atoms with E-state index >= 15 is 0 Å². The molecule has 7 heteroatoms. The number of carbonyl (C=O) groups excluding carboxylic acids is 2. The molecule has 0 aromatic heterocycles. The minimum atomic E-state index is -0.269. The van der Waals surface area contributed by atoms with Gasteiger partial charge in [-0.3, -0.25) is 0 Å². The first-order valence-electron chi connectivity index (χ1n) is 7.86. The zero-order chi connectivity index (χ0) is 16.4. The van der Waals surface area contributed by atoms with E-state index in [-0.39, 0.29) is 18.2 Å². The van der Waals surface area contributed by atoms with Crippen LogP contribution < -0.4 is 5.32 Å². The SMILES string of the molecule is CCOC(=O)N1CCC(N2Cc3ccc(Cl)cc3NC2=O)CC1. The summed E-state index contributed by atoms with van der Waals surface area (Å²) in [6.45, 7) is 3.98. The van der Waals surface area contributed by atoms with Crippen LogP contribution in [0.1, 0.15) is 25.3 Å². The number of rotatable bonds is 2. The van der Waals surface area contributed by atoms with Crippen LogP contribution in [-0.2, 0) is 11.3 Å². The van der Waals surface area contributed by atoms with Gasteiger partial charge in [-0.05, 0) is 37.5 Å². The highest BCUT2D eigenvalue weighted by Crippen LogP contribution is 2.29. The van der Waals surface area contributed by atoms with E-state index in [9.17, 15) is 9.59 Å². The van der Waals surface area contributed by atoms with Crippen molar-refractivity contribution in [2.75, 3.05) is 25.0 Å². The van der Waals surface area contributed by atoms with E-state index in [1.807, 2.05) is 17.0 Å². The lowest BCUT2D eigenvalue weighted by Gasteiger charge is -2.40. The zero-order valence-electron chi connectivity index (χ0n) is 13.0. The lowest BCUT2D eigenvalue weighted by molar-refractivity contribution is 0.0813. The standard InChI is InChI=1S/C16H20ClN3O3/c1-2-23-16(22)19-7-5-13(6-8-19)20-10-11-3-4-12(17)9-14(11)18-15(20)21/h3-4,9,13H,2,5-8,10H2,1H3,(H,18,21). The van der Waals surface area contributed by atoms with Gasteiger partial charge in [0.25, 0.3) is 0 Å². The third kappa shape index (κ3) is 3.37. The number of halogens is 1. The second-order valence-electron chi connectivity index (χ2n) is 5.78. The van der Waals surface area contributed by atoms with Gasteiger partial charge < -0.3 is 19.9 Å². The van der Waals surface area contributed by atoms with Gasteiger partial charge in [0.1, 0.15) is 0 Å². The molecule has 0 saturated carbocycles. The number of piperidine rings is 1. The zero-order valence-corrected chi connectivity index (χ0v) is 13.8. The third-order valence-corrected chi connectivity index (χ3v) is 4.58. The summed E-state index contributed by atoms with van der Waals surface area (Å²) in [6.07, 6.45) is 1.25. The average Bonchev–Trinajstić information content (AvgIpc) is 2.54. The maximum absolute atomic E-state index is 12.4. The van der Waals surface area contributed by atoms with Crippen LogP contribution in [-0.4, -0.2) is 47.7 Å². The van der Waals surface area contributed by atoms with Crippen molar-refractivity contribution in [1.82, 2.24) is 9.80 Å². The molecule has 1 N–H and O–H groups in total. The molecular weight excluding hydrogens is 318 g/mol. The van der Waals surface area contributed by atoms with Crippen LogP contribution in [0.2, 0.25) is 5.02 Å². The van der Waals surface area contributed by atoms with E-state index in [0.717, 1.165) is 24.1 Å². The normalized spacial score (nSPS) is 18.4. The molecule has 0 bridgehead atoms. The Morgan fingerprint density at radius 1 is 1.39 bits per heavy atom. The Kier molecular flexibility index (Phi) is 4.61. The van der Waals surface area contributed by atoms with Crippen molar-refractivity contribution in [1.29, 1.82) is 0 Å². The molecule has 3 amide bonds. The maximum atomic E-state index is 12.4. The van der Waals surface area contributed by atoms with Gasteiger partial charge in [-0.25, -0.2) is 9.59 Å². The minimum absolute atomic E-state index is 0.102. The summed E-state index contributed by atoms with van der Waals surface area (Å²) in [6, 6.07) is 5.58. The van der Waals surface area contributed by atoms with Crippen LogP contribution in [0.5, 0.6) is 0 Å². The molecule has 2 heterocycles. The highest BCUT2D eigenvalue weighted by atomic mass is 35.5. The lowest BCUT2D eigenvalue weighted by Crippen LogP contribution is -2.51. The topological polar surface area (TPSA) is 61.9 Å². The van der Waals surface area contributed by atoms with E-state index in [1.54, 1.807) is 17.9 Å². The quantitative estimate of drug-likeness (QED) is 0.900. The van der Waals surface area contributed by atoms with Crippen molar-refractivity contribution >= 4 is 29.4 Å². The molecule has 2 aliphatic rings. The molecule has 0 radical (unpaired) electrons. The molecule has 0 unspecified atom stereocenters. The molecule has 1 aromatic carbocycles. The fraction of sp³-hybridized carbons (Fsp3) is 0.500. The Bertz CT molecular complexity index is 615. The van der Waals surface area contributed by atoms with Crippen LogP contribution in [0, 0.1) is 0 Å². The van der Waals surface area contributed by atoms with Crippen LogP contribution in [0.3, 0.4) is 0 Å². The van der Waals surface area contributed by atoms with Gasteiger partial charge in [0.15, 0.2) is 0 Å². The van der Waals surface area contributed by atoms with Crippen LogP contribution in [0.25, 0.3) is 0 Å². The Labute approximate surface area is 140 Å². The number of amides is 3. The number of benzene rings is 1. The monoisotopic (exact) mass is 337 g/mol. The largest absolute Gasteiger partial charge is 0.450 e. The highest BCUT2D eigenvalue weighted by Gasteiger charge is 2.32. The summed E-state index contributed by atoms with van der Waals surface area (Å²) < 4.78 is 5.02. The number of fused-ring (bicyclic) bond motifs is 1. The number of nitrogens with zero attached hydrogens (tertiary/aromatic N) is 2. The van der Waals surface area contributed by atoms with Crippen molar-refractivity contribution in [3.8, 4) is 0 Å². The van der Waals surface area contributed by atoms with E-state index in [4.69, 9.17) is 16.3 Å². The highest BCUT2D eigenvalue weighted by molar-refractivity contribution is 6.31. The molecule has 0 aliphatic carbocycles. The van der Waals surface area contributed by atoms with E-state index in [1.165, 1.54) is 0 Å². The number of ether oxygens (including phenoxy) is 1. The molecule has 2 aliphatic heterocycles. The van der Waals surface area contributed by atoms with Crippen molar-refractivity contribution < 1.29 is 14.3 Å². The molecule has 3 rings (SSSR count). The van der Waals surface area contributed by atoms with E-state index in [0.29, 0.717) is 31.3 Å². The summed E-state index contributed by atoms with van der Waals surface area (Å²) in [5.41, 5.74) is 1.84. The second-order valence-corrected chi connectivity index (χ2v) is 6.21. The number of hydrogen-bond acceptors (Lipinski definition) is 3. The number of likely N-dealkylation sites (tertiary alicyclic amines) is 1. The molecule has 0 spiro atoms. The van der Waals surface area contributed by atoms with Gasteiger partial charge >= 0.3 is 12.1 Å². The Balaban J connectivity index is 1.64. The summed E-state index contributed by atoms with van der Waals surface area (Å²) in [5, 5.41) is 3.51. The average molecular weight is 338 g/mol. The number of carbonyl (C=O) groups is 2. The van der Waals surface area contributed by atoms with Crippen molar-refractivity contribution in [3.63, 3.8) is 0 Å². The molecule has 1 fully saturated rings. The Morgan fingerprint density at radius 3 is 2.83 bits per heavy atom. The first-order valence-corrected chi connectivity index (χ1v) is 8.24. The van der Waals surface area contributed by atoms with Gasteiger partial charge in [-0.1, -0.05) is 17.7 Å². The predicted octanol–water partition coefficient (Wildman–Crippen LogP) is 3.31. The van der Waals surface area contributed by atoms with E-state index < -0.39 is 0 Å². The molecule has 23 heavy (non-hydrogen) atoms. The third-order valence-electron chi connectivity index (χ3n) is 4.35. The number of hydrogen-bond donors (Lipinski definition) is 1. The van der Waals surface area contributed by atoms with Crippen LogP contribution in [0.15, 0.2) is 18.2 Å². The first-order chi connectivity index (χ1) is 11.1. The smallest absolute Gasteiger partial charge is 0.409 e. The molecule has 124 valence electrons. The fourth-order valence-corrected chi connectivity index (χ4v) is 3.29. The van der Waals surface area contributed by atoms with Gasteiger partial charge in [0.05, 0.1) is 6.61 Å². The Morgan fingerprint density at radius 2 is 2.13 bits per heavy atom. The first kappa shape index (κ1) is 15.9. The lowest BCUT2D eigenvalue weighted by atomic mass is 10.0. The van der Waals surface area contributed by atoms with Gasteiger partial charge in [0, 0.05) is 36.4 Å². The summed E-state index contributed by atoms with van der Waals surface area (Å²) >= 11 is 5.97. The summed E-state index contributed by atoms with van der Waals surface area (Å²) in [7, 11) is 0. The maximum Gasteiger partial charge on any atom is 0.409 e. The Hall–Kier alpha value is -1.95. The molecule has 6 nitrogen and oxygen atoms in total. The predicted molar refractivity (Wildman–Crippen MR) is 87.6 cm³/mol. The molecule has 0 atom stereocenters. The minimum Gasteiger partial charge on any atom is -0.450 e. The van der Waals surface area contributed by atoms with Crippen molar-refractivity contribution in [2.45, 2.75) is 32.4 Å².